The van der Waals surface area contributed by atoms with E-state index < -0.39 is 5.97 Å². The van der Waals surface area contributed by atoms with Gasteiger partial charge in [-0.1, -0.05) is 11.6 Å². The second-order valence-corrected chi connectivity index (χ2v) is 5.46. The van der Waals surface area contributed by atoms with E-state index in [0.717, 1.165) is 0 Å². The first-order valence-electron chi connectivity index (χ1n) is 6.00. The average molecular weight is 328 g/mol. The van der Waals surface area contributed by atoms with E-state index in [2.05, 4.69) is 4.98 Å². The zero-order valence-electron chi connectivity index (χ0n) is 12.0. The van der Waals surface area contributed by atoms with Gasteiger partial charge in [0.05, 0.1) is 32.0 Å². The number of hydrogen-bond donors (Lipinski definition) is 0. The fourth-order valence-corrected chi connectivity index (χ4v) is 3.24. The van der Waals surface area contributed by atoms with Crippen LogP contribution in [0.4, 0.5) is 0 Å². The first-order valence-corrected chi connectivity index (χ1v) is 7.19. The summed E-state index contributed by atoms with van der Waals surface area (Å²) in [5.41, 5.74) is 1.28. The highest BCUT2D eigenvalue weighted by Crippen LogP contribution is 2.43. The highest BCUT2D eigenvalue weighted by Gasteiger charge is 2.20. The molecule has 0 fully saturated rings. The second-order valence-electron chi connectivity index (χ2n) is 4.09. The molecule has 2 aromatic rings. The van der Waals surface area contributed by atoms with E-state index in [-0.39, 0.29) is 0 Å². The fourth-order valence-electron chi connectivity index (χ4n) is 1.85. The summed E-state index contributed by atoms with van der Waals surface area (Å²) in [6, 6.07) is 3.53. The van der Waals surface area contributed by atoms with Crippen LogP contribution in [-0.4, -0.2) is 32.3 Å². The van der Waals surface area contributed by atoms with E-state index >= 15 is 0 Å². The maximum Gasteiger partial charge on any atom is 0.349 e. The van der Waals surface area contributed by atoms with Crippen LogP contribution in [0, 0.1) is 6.92 Å². The van der Waals surface area contributed by atoms with Gasteiger partial charge in [0.2, 0.25) is 0 Å². The van der Waals surface area contributed by atoms with Crippen molar-refractivity contribution in [2.24, 2.45) is 0 Å². The highest BCUT2D eigenvalue weighted by molar-refractivity contribution is 7.17. The third kappa shape index (κ3) is 2.82. The van der Waals surface area contributed by atoms with Gasteiger partial charge in [0, 0.05) is 5.56 Å². The van der Waals surface area contributed by atoms with Crippen molar-refractivity contribution in [3.8, 4) is 22.1 Å². The smallest absolute Gasteiger partial charge is 0.349 e. The topological polar surface area (TPSA) is 57.7 Å². The number of nitrogens with zero attached hydrogens (tertiary/aromatic N) is 1. The molecule has 112 valence electrons. The van der Waals surface area contributed by atoms with E-state index in [1.165, 1.54) is 32.7 Å². The molecule has 0 bridgehead atoms. The third-order valence-corrected chi connectivity index (χ3v) is 4.43. The molecule has 1 heterocycles. The minimum absolute atomic E-state index is 0.391. The summed E-state index contributed by atoms with van der Waals surface area (Å²) in [4.78, 5) is 16.5. The molecule has 0 saturated carbocycles. The third-order valence-electron chi connectivity index (χ3n) is 2.88. The Morgan fingerprint density at radius 2 is 1.95 bits per heavy atom. The van der Waals surface area contributed by atoms with Crippen molar-refractivity contribution in [1.29, 1.82) is 0 Å². The zero-order valence-corrected chi connectivity index (χ0v) is 13.6. The molecular weight excluding hydrogens is 314 g/mol. The Labute approximate surface area is 131 Å². The van der Waals surface area contributed by atoms with Gasteiger partial charge in [-0.25, -0.2) is 9.78 Å². The number of esters is 1. The average Bonchev–Trinajstić information content (AvgIpc) is 2.87. The number of aromatic nitrogens is 1. The van der Waals surface area contributed by atoms with Gasteiger partial charge < -0.3 is 14.2 Å². The molecule has 0 radical (unpaired) electrons. The van der Waals surface area contributed by atoms with Crippen molar-refractivity contribution in [3.63, 3.8) is 0 Å². The normalized spacial score (nSPS) is 10.3. The highest BCUT2D eigenvalue weighted by atomic mass is 35.5. The summed E-state index contributed by atoms with van der Waals surface area (Å²) < 4.78 is 15.2. The SMILES string of the molecule is COC(=O)c1sc(-c2ccc(OC)c(OC)c2Cl)nc1C. The van der Waals surface area contributed by atoms with Gasteiger partial charge in [-0.2, -0.15) is 0 Å². The van der Waals surface area contributed by atoms with Crippen LogP contribution in [0.3, 0.4) is 0 Å². The lowest BCUT2D eigenvalue weighted by molar-refractivity contribution is 0.0605. The number of hydrogen-bond acceptors (Lipinski definition) is 6. The van der Waals surface area contributed by atoms with E-state index in [4.69, 9.17) is 25.8 Å². The monoisotopic (exact) mass is 327 g/mol. The predicted octanol–water partition coefficient (Wildman–Crippen LogP) is 3.58. The number of thiazole rings is 1. The molecule has 5 nitrogen and oxygen atoms in total. The van der Waals surface area contributed by atoms with Crippen LogP contribution in [0.2, 0.25) is 5.02 Å². The van der Waals surface area contributed by atoms with Crippen molar-refractivity contribution in [2.75, 3.05) is 21.3 Å². The number of methoxy groups -OCH3 is 3. The molecule has 0 aliphatic heterocycles. The van der Waals surface area contributed by atoms with E-state index in [9.17, 15) is 4.79 Å². The standard InChI is InChI=1S/C14H14ClNO4S/c1-7-12(14(17)20-4)21-13(16-7)8-5-6-9(18-2)11(19-3)10(8)15/h5-6H,1-4H3. The maximum atomic E-state index is 11.7. The molecule has 2 rings (SSSR count). The molecule has 21 heavy (non-hydrogen) atoms. The molecule has 1 aromatic carbocycles. The summed E-state index contributed by atoms with van der Waals surface area (Å²) >= 11 is 7.57. The number of ether oxygens (including phenoxy) is 3. The Morgan fingerprint density at radius 1 is 1.24 bits per heavy atom. The Balaban J connectivity index is 2.55. The summed E-state index contributed by atoms with van der Waals surface area (Å²) in [7, 11) is 4.39. The van der Waals surface area contributed by atoms with Gasteiger partial charge in [0.25, 0.3) is 0 Å². The van der Waals surface area contributed by atoms with Crippen LogP contribution >= 0.6 is 22.9 Å². The predicted molar refractivity (Wildman–Crippen MR) is 81.7 cm³/mol. The summed E-state index contributed by atoms with van der Waals surface area (Å²) in [6.07, 6.45) is 0. The quantitative estimate of drug-likeness (QED) is 0.803. The van der Waals surface area contributed by atoms with Crippen molar-refractivity contribution < 1.29 is 19.0 Å². The van der Waals surface area contributed by atoms with Gasteiger partial charge >= 0.3 is 5.97 Å². The molecule has 0 atom stereocenters. The van der Waals surface area contributed by atoms with Crippen LogP contribution in [0.25, 0.3) is 10.6 Å². The molecule has 0 N–H and O–H groups in total. The molecule has 0 saturated heterocycles. The van der Waals surface area contributed by atoms with E-state index in [1.807, 2.05) is 0 Å². The number of halogens is 1. The lowest BCUT2D eigenvalue weighted by atomic mass is 10.2. The minimum atomic E-state index is -0.409. The number of carbonyl (C=O) groups excluding carboxylic acids is 1. The number of carbonyl (C=O) groups is 1. The Bertz CT molecular complexity index is 684. The van der Waals surface area contributed by atoms with Gasteiger partial charge in [-0.05, 0) is 19.1 Å². The molecule has 0 aliphatic rings. The first-order chi connectivity index (χ1) is 10.0. The van der Waals surface area contributed by atoms with Gasteiger partial charge in [0.1, 0.15) is 9.88 Å². The Morgan fingerprint density at radius 3 is 2.52 bits per heavy atom. The molecular formula is C14H14ClNO4S. The fraction of sp³-hybridized carbons (Fsp3) is 0.286. The van der Waals surface area contributed by atoms with Crippen molar-refractivity contribution in [2.45, 2.75) is 6.92 Å². The summed E-state index contributed by atoms with van der Waals surface area (Å²) in [6.45, 7) is 1.75. The van der Waals surface area contributed by atoms with Crippen LogP contribution < -0.4 is 9.47 Å². The molecule has 0 unspecified atom stereocenters. The van der Waals surface area contributed by atoms with E-state index in [1.54, 1.807) is 19.1 Å². The zero-order chi connectivity index (χ0) is 15.6. The lowest BCUT2D eigenvalue weighted by Gasteiger charge is -2.11. The maximum absolute atomic E-state index is 11.7. The summed E-state index contributed by atoms with van der Waals surface area (Å²) in [5, 5.41) is 1.01. The first kappa shape index (κ1) is 15.6. The van der Waals surface area contributed by atoms with Crippen LogP contribution in [0.1, 0.15) is 15.4 Å². The Kier molecular flexibility index (Phi) is 4.69. The van der Waals surface area contributed by atoms with Crippen molar-refractivity contribution in [3.05, 3.63) is 27.7 Å². The van der Waals surface area contributed by atoms with Crippen molar-refractivity contribution >= 4 is 28.9 Å². The number of benzene rings is 1. The van der Waals surface area contributed by atoms with Gasteiger partial charge in [-0.3, -0.25) is 0 Å². The lowest BCUT2D eigenvalue weighted by Crippen LogP contribution is -1.99. The van der Waals surface area contributed by atoms with Crippen molar-refractivity contribution in [1.82, 2.24) is 4.98 Å². The molecule has 1 aromatic heterocycles. The second kappa shape index (κ2) is 6.32. The largest absolute Gasteiger partial charge is 0.493 e. The Hall–Kier alpha value is -1.79. The molecule has 0 aliphatic carbocycles. The molecule has 0 spiro atoms. The van der Waals surface area contributed by atoms with Crippen LogP contribution in [-0.2, 0) is 4.74 Å². The molecule has 7 heteroatoms. The minimum Gasteiger partial charge on any atom is -0.493 e. The molecule has 0 amide bonds. The van der Waals surface area contributed by atoms with E-state index in [0.29, 0.717) is 37.7 Å². The van der Waals surface area contributed by atoms with Gasteiger partial charge in [-0.15, -0.1) is 11.3 Å². The van der Waals surface area contributed by atoms with Crippen LogP contribution in [0.5, 0.6) is 11.5 Å². The van der Waals surface area contributed by atoms with Crippen LogP contribution in [0.15, 0.2) is 12.1 Å². The summed E-state index contributed by atoms with van der Waals surface area (Å²) in [5.74, 6) is 0.560. The number of aryl methyl sites for hydroxylation is 1. The van der Waals surface area contributed by atoms with Gasteiger partial charge in [0.15, 0.2) is 11.5 Å². The number of rotatable bonds is 4.